The number of hydrogen-bond donors (Lipinski definition) is 0. The van der Waals surface area contributed by atoms with Crippen LogP contribution in [0.2, 0.25) is 0 Å². The summed E-state index contributed by atoms with van der Waals surface area (Å²) >= 11 is 0. The maximum atomic E-state index is 10.6. The molecule has 2 rings (SSSR count). The third-order valence-corrected chi connectivity index (χ3v) is 2.10. The minimum Gasteiger partial charge on any atom is -0.299 e. The molecule has 0 aromatic rings. The molecule has 0 heterocycles. The third kappa shape index (κ3) is 0.355. The highest BCUT2D eigenvalue weighted by molar-refractivity contribution is 5.86. The zero-order chi connectivity index (χ0) is 4.85. The Morgan fingerprint density at radius 2 is 2.43 bits per heavy atom. The molecule has 0 bridgehead atoms. The summed E-state index contributed by atoms with van der Waals surface area (Å²) in [6, 6.07) is 0. The molecule has 2 aliphatic rings. The summed E-state index contributed by atoms with van der Waals surface area (Å²) in [4.78, 5) is 10.6. The highest BCUT2D eigenvalue weighted by Gasteiger charge is 2.47. The molecule has 1 nitrogen and oxygen atoms in total. The van der Waals surface area contributed by atoms with E-state index in [0.717, 1.165) is 12.3 Å². The van der Waals surface area contributed by atoms with Crippen molar-refractivity contribution >= 4 is 5.78 Å². The molecule has 0 radical (unpaired) electrons. The molecule has 7 heavy (non-hydrogen) atoms. The van der Waals surface area contributed by atoms with Gasteiger partial charge < -0.3 is 0 Å². The summed E-state index contributed by atoms with van der Waals surface area (Å²) in [6.07, 6.45) is 3.30. The quantitative estimate of drug-likeness (QED) is 0.439. The minimum absolute atomic E-state index is 0.532. The number of carbonyl (C=O) groups is 1. The van der Waals surface area contributed by atoms with Crippen LogP contribution in [0.15, 0.2) is 0 Å². The molecule has 2 aliphatic carbocycles. The van der Waals surface area contributed by atoms with Gasteiger partial charge in [-0.15, -0.1) is 0 Å². The maximum absolute atomic E-state index is 10.6. The Morgan fingerprint density at radius 3 is 2.57 bits per heavy atom. The molecular weight excluding hydrogens is 88.1 g/mol. The molecular formula is C6H8O. The van der Waals surface area contributed by atoms with Gasteiger partial charge in [0.1, 0.15) is 5.78 Å². The second-order valence-electron chi connectivity index (χ2n) is 2.61. The number of fused-ring (bicyclic) bond motifs is 1. The fraction of sp³-hybridized carbons (Fsp3) is 0.833. The van der Waals surface area contributed by atoms with Gasteiger partial charge in [-0.05, 0) is 18.8 Å². The van der Waals surface area contributed by atoms with Crippen LogP contribution >= 0.6 is 0 Å². The van der Waals surface area contributed by atoms with Gasteiger partial charge in [-0.1, -0.05) is 0 Å². The Hall–Kier alpha value is -0.330. The first-order valence-corrected chi connectivity index (χ1v) is 2.90. The first-order valence-electron chi connectivity index (χ1n) is 2.90. The van der Waals surface area contributed by atoms with Crippen LogP contribution in [0, 0.1) is 11.8 Å². The topological polar surface area (TPSA) is 17.1 Å². The van der Waals surface area contributed by atoms with E-state index in [4.69, 9.17) is 0 Å². The Labute approximate surface area is 42.7 Å². The molecule has 0 amide bonds. The Kier molecular flexibility index (Phi) is 0.473. The van der Waals surface area contributed by atoms with Gasteiger partial charge in [-0.3, -0.25) is 4.79 Å². The predicted molar refractivity (Wildman–Crippen MR) is 25.8 cm³/mol. The molecule has 0 unspecified atom stereocenters. The molecule has 2 fully saturated rings. The first-order chi connectivity index (χ1) is 3.38. The van der Waals surface area contributed by atoms with E-state index in [1.807, 2.05) is 0 Å². The number of Topliss-reactive ketones (excluding diaryl/α,β-unsaturated/α-hetero) is 1. The Balaban J connectivity index is 2.21. The first kappa shape index (κ1) is 3.65. The molecule has 2 atom stereocenters. The van der Waals surface area contributed by atoms with Gasteiger partial charge in [0.05, 0.1) is 0 Å². The Bertz CT molecular complexity index is 117. The number of hydrogen-bond acceptors (Lipinski definition) is 1. The lowest BCUT2D eigenvalue weighted by atomic mass is 10.2. The van der Waals surface area contributed by atoms with E-state index in [0.29, 0.717) is 11.7 Å². The van der Waals surface area contributed by atoms with Crippen molar-refractivity contribution < 1.29 is 4.79 Å². The molecule has 0 spiro atoms. The number of rotatable bonds is 0. The lowest BCUT2D eigenvalue weighted by Crippen LogP contribution is -1.91. The van der Waals surface area contributed by atoms with Crippen LogP contribution in [0.25, 0.3) is 0 Å². The lowest BCUT2D eigenvalue weighted by Gasteiger charge is -1.82. The largest absolute Gasteiger partial charge is 0.299 e. The summed E-state index contributed by atoms with van der Waals surface area (Å²) in [5, 5.41) is 0. The minimum atomic E-state index is 0.532. The molecule has 0 aliphatic heterocycles. The fourth-order valence-corrected chi connectivity index (χ4v) is 1.47. The van der Waals surface area contributed by atoms with E-state index in [1.54, 1.807) is 0 Å². The van der Waals surface area contributed by atoms with Gasteiger partial charge >= 0.3 is 0 Å². The van der Waals surface area contributed by atoms with Crippen molar-refractivity contribution in [2.45, 2.75) is 19.3 Å². The van der Waals surface area contributed by atoms with Gasteiger partial charge in [0.15, 0.2) is 0 Å². The van der Waals surface area contributed by atoms with Crippen molar-refractivity contribution in [2.24, 2.45) is 11.8 Å². The monoisotopic (exact) mass is 96.1 g/mol. The maximum Gasteiger partial charge on any atom is 0.136 e. The summed E-state index contributed by atoms with van der Waals surface area (Å²) in [5.41, 5.74) is 0. The molecule has 38 valence electrons. The molecule has 0 N–H and O–H groups in total. The molecule has 0 aromatic carbocycles. The smallest absolute Gasteiger partial charge is 0.136 e. The van der Waals surface area contributed by atoms with Crippen LogP contribution in [-0.4, -0.2) is 5.78 Å². The fourth-order valence-electron chi connectivity index (χ4n) is 1.47. The highest BCUT2D eigenvalue weighted by Crippen LogP contribution is 2.49. The second kappa shape index (κ2) is 0.908. The lowest BCUT2D eigenvalue weighted by molar-refractivity contribution is -0.119. The number of ketones is 1. The van der Waals surface area contributed by atoms with Gasteiger partial charge in [0.2, 0.25) is 0 Å². The molecule has 0 saturated heterocycles. The molecule has 2 saturated carbocycles. The molecule has 0 aromatic heterocycles. The van der Waals surface area contributed by atoms with E-state index in [2.05, 4.69) is 0 Å². The average molecular weight is 96.1 g/mol. The Morgan fingerprint density at radius 1 is 1.57 bits per heavy atom. The van der Waals surface area contributed by atoms with Crippen LogP contribution in [0.1, 0.15) is 19.3 Å². The van der Waals surface area contributed by atoms with E-state index in [1.165, 1.54) is 12.8 Å². The zero-order valence-electron chi connectivity index (χ0n) is 4.18. The molecule has 1 heteroatoms. The van der Waals surface area contributed by atoms with Gasteiger partial charge in [0, 0.05) is 12.3 Å². The summed E-state index contributed by atoms with van der Waals surface area (Å²) < 4.78 is 0. The van der Waals surface area contributed by atoms with E-state index in [9.17, 15) is 4.79 Å². The van der Waals surface area contributed by atoms with Gasteiger partial charge in [0.25, 0.3) is 0 Å². The normalized spacial score (nSPS) is 46.6. The summed E-state index contributed by atoms with van der Waals surface area (Å²) in [5.74, 6) is 1.91. The van der Waals surface area contributed by atoms with E-state index < -0.39 is 0 Å². The summed E-state index contributed by atoms with van der Waals surface area (Å²) in [6.45, 7) is 0. The highest BCUT2D eigenvalue weighted by atomic mass is 16.1. The van der Waals surface area contributed by atoms with Crippen LogP contribution in [0.4, 0.5) is 0 Å². The van der Waals surface area contributed by atoms with Crippen molar-refractivity contribution in [3.05, 3.63) is 0 Å². The van der Waals surface area contributed by atoms with Crippen LogP contribution < -0.4 is 0 Å². The number of carbonyl (C=O) groups excluding carboxylic acids is 1. The van der Waals surface area contributed by atoms with Gasteiger partial charge in [-0.25, -0.2) is 0 Å². The second-order valence-corrected chi connectivity index (χ2v) is 2.61. The van der Waals surface area contributed by atoms with Crippen molar-refractivity contribution in [2.75, 3.05) is 0 Å². The van der Waals surface area contributed by atoms with E-state index >= 15 is 0 Å². The third-order valence-electron chi connectivity index (χ3n) is 2.10. The van der Waals surface area contributed by atoms with Crippen LogP contribution in [0.5, 0.6) is 0 Å². The van der Waals surface area contributed by atoms with Crippen molar-refractivity contribution in [3.63, 3.8) is 0 Å². The standard InChI is InChI=1S/C6H8O/c7-6-2-1-4-3-5(4)6/h4-5H,1-3H2/t4-,5+/m0/s1. The predicted octanol–water partition coefficient (Wildman–Crippen LogP) is 0.985. The van der Waals surface area contributed by atoms with Crippen LogP contribution in [0.3, 0.4) is 0 Å². The van der Waals surface area contributed by atoms with E-state index in [-0.39, 0.29) is 0 Å². The van der Waals surface area contributed by atoms with Crippen molar-refractivity contribution in [1.82, 2.24) is 0 Å². The van der Waals surface area contributed by atoms with Crippen molar-refractivity contribution in [3.8, 4) is 0 Å². The van der Waals surface area contributed by atoms with Crippen molar-refractivity contribution in [1.29, 1.82) is 0 Å². The van der Waals surface area contributed by atoms with Crippen LogP contribution in [-0.2, 0) is 4.79 Å². The average Bonchev–Trinajstić information content (AvgIpc) is 2.33. The zero-order valence-corrected chi connectivity index (χ0v) is 4.18. The SMILES string of the molecule is O=C1CC[C@H]2C[C@@H]12. The van der Waals surface area contributed by atoms with Gasteiger partial charge in [-0.2, -0.15) is 0 Å². The summed E-state index contributed by atoms with van der Waals surface area (Å²) in [7, 11) is 0.